The Morgan fingerprint density at radius 1 is 1.33 bits per heavy atom. The van der Waals surface area contributed by atoms with E-state index in [9.17, 15) is 0 Å². The first-order chi connectivity index (χ1) is 8.61. The van der Waals surface area contributed by atoms with Crippen molar-refractivity contribution in [3.63, 3.8) is 0 Å². The molecular weight excluding hydrogens is 226 g/mol. The number of methoxy groups -OCH3 is 1. The summed E-state index contributed by atoms with van der Waals surface area (Å²) in [6, 6.07) is 6.34. The van der Waals surface area contributed by atoms with E-state index in [1.807, 2.05) is 31.3 Å². The molecule has 1 aromatic carbocycles. The Labute approximate surface area is 108 Å². The van der Waals surface area contributed by atoms with Gasteiger partial charge in [-0.3, -0.25) is 0 Å². The summed E-state index contributed by atoms with van der Waals surface area (Å²) < 4.78 is 7.30. The Kier molecular flexibility index (Phi) is 3.55. The zero-order valence-corrected chi connectivity index (χ0v) is 11.3. The maximum absolute atomic E-state index is 5.20. The van der Waals surface area contributed by atoms with Crippen LogP contribution in [0.3, 0.4) is 0 Å². The van der Waals surface area contributed by atoms with Gasteiger partial charge in [-0.1, -0.05) is 0 Å². The second kappa shape index (κ2) is 5.12. The minimum Gasteiger partial charge on any atom is -0.497 e. The highest BCUT2D eigenvalue weighted by Gasteiger charge is 2.07. The van der Waals surface area contributed by atoms with Crippen molar-refractivity contribution in [1.82, 2.24) is 9.55 Å². The predicted molar refractivity (Wildman–Crippen MR) is 73.6 cm³/mol. The van der Waals surface area contributed by atoms with E-state index in [4.69, 9.17) is 4.74 Å². The standard InChI is InChI=1S/C14H19N3O/c1-10(2)17-8-7-15-14(17)16-13-6-5-12(18-4)9-11(13)3/h5-10H,1-4H3,(H,15,16). The molecule has 0 aliphatic rings. The molecule has 18 heavy (non-hydrogen) atoms. The number of hydrogen-bond donors (Lipinski definition) is 1. The second-order valence-electron chi connectivity index (χ2n) is 4.56. The van der Waals surface area contributed by atoms with Crippen LogP contribution in [0, 0.1) is 6.92 Å². The summed E-state index contributed by atoms with van der Waals surface area (Å²) in [5.74, 6) is 1.73. The zero-order valence-electron chi connectivity index (χ0n) is 11.3. The Hall–Kier alpha value is -1.97. The molecule has 0 saturated carbocycles. The molecule has 4 heteroatoms. The molecule has 96 valence electrons. The zero-order chi connectivity index (χ0) is 13.1. The summed E-state index contributed by atoms with van der Waals surface area (Å²) in [5.41, 5.74) is 2.18. The fourth-order valence-electron chi connectivity index (χ4n) is 1.85. The summed E-state index contributed by atoms with van der Waals surface area (Å²) in [6.45, 7) is 6.31. The molecule has 0 aliphatic heterocycles. The van der Waals surface area contributed by atoms with Crippen molar-refractivity contribution in [2.45, 2.75) is 26.8 Å². The van der Waals surface area contributed by atoms with E-state index in [2.05, 4.69) is 28.7 Å². The highest BCUT2D eigenvalue weighted by Crippen LogP contribution is 2.24. The molecule has 1 aromatic heterocycles. The van der Waals surface area contributed by atoms with Crippen molar-refractivity contribution in [3.05, 3.63) is 36.2 Å². The van der Waals surface area contributed by atoms with Gasteiger partial charge in [-0.05, 0) is 44.5 Å². The Morgan fingerprint density at radius 3 is 2.72 bits per heavy atom. The van der Waals surface area contributed by atoms with Gasteiger partial charge in [-0.2, -0.15) is 0 Å². The van der Waals surface area contributed by atoms with Crippen molar-refractivity contribution in [2.24, 2.45) is 0 Å². The van der Waals surface area contributed by atoms with Crippen LogP contribution < -0.4 is 10.1 Å². The van der Waals surface area contributed by atoms with Crippen LogP contribution in [0.4, 0.5) is 11.6 Å². The third-order valence-electron chi connectivity index (χ3n) is 2.91. The molecule has 0 unspecified atom stereocenters. The van der Waals surface area contributed by atoms with Crippen LogP contribution in [0.25, 0.3) is 0 Å². The average molecular weight is 245 g/mol. The quantitative estimate of drug-likeness (QED) is 0.895. The predicted octanol–water partition coefficient (Wildman–Crippen LogP) is 3.52. The summed E-state index contributed by atoms with van der Waals surface area (Å²) >= 11 is 0. The molecule has 0 saturated heterocycles. The van der Waals surface area contributed by atoms with Gasteiger partial charge in [0.15, 0.2) is 0 Å². The van der Waals surface area contributed by atoms with Crippen molar-refractivity contribution < 1.29 is 4.74 Å². The molecule has 1 N–H and O–H groups in total. The van der Waals surface area contributed by atoms with Crippen LogP contribution in [-0.4, -0.2) is 16.7 Å². The largest absolute Gasteiger partial charge is 0.497 e. The summed E-state index contributed by atoms with van der Waals surface area (Å²) in [6.07, 6.45) is 3.78. The number of aryl methyl sites for hydroxylation is 1. The minimum absolute atomic E-state index is 0.383. The van der Waals surface area contributed by atoms with Crippen LogP contribution in [-0.2, 0) is 0 Å². The van der Waals surface area contributed by atoms with Gasteiger partial charge < -0.3 is 14.6 Å². The highest BCUT2D eigenvalue weighted by molar-refractivity contribution is 5.60. The van der Waals surface area contributed by atoms with Gasteiger partial charge >= 0.3 is 0 Å². The first-order valence-corrected chi connectivity index (χ1v) is 6.06. The molecule has 0 radical (unpaired) electrons. The van der Waals surface area contributed by atoms with Crippen molar-refractivity contribution >= 4 is 11.6 Å². The number of anilines is 2. The lowest BCUT2D eigenvalue weighted by molar-refractivity contribution is 0.414. The number of imidazole rings is 1. The summed E-state index contributed by atoms with van der Waals surface area (Å²) in [4.78, 5) is 4.34. The maximum Gasteiger partial charge on any atom is 0.207 e. The third-order valence-corrected chi connectivity index (χ3v) is 2.91. The van der Waals surface area contributed by atoms with Crippen LogP contribution in [0.1, 0.15) is 25.5 Å². The monoisotopic (exact) mass is 245 g/mol. The van der Waals surface area contributed by atoms with Crippen LogP contribution in [0.5, 0.6) is 5.75 Å². The first kappa shape index (κ1) is 12.5. The number of benzene rings is 1. The van der Waals surface area contributed by atoms with E-state index in [0.717, 1.165) is 22.9 Å². The highest BCUT2D eigenvalue weighted by atomic mass is 16.5. The van der Waals surface area contributed by atoms with E-state index < -0.39 is 0 Å². The average Bonchev–Trinajstić information content (AvgIpc) is 2.80. The van der Waals surface area contributed by atoms with Crippen LogP contribution in [0.2, 0.25) is 0 Å². The molecule has 1 heterocycles. The SMILES string of the molecule is COc1ccc(Nc2nccn2C(C)C)c(C)c1. The number of ether oxygens (including phenoxy) is 1. The normalized spacial score (nSPS) is 10.7. The molecule has 0 bridgehead atoms. The summed E-state index contributed by atoms with van der Waals surface area (Å²) in [5, 5.41) is 3.35. The lowest BCUT2D eigenvalue weighted by Crippen LogP contribution is -2.05. The van der Waals surface area contributed by atoms with Crippen LogP contribution >= 0.6 is 0 Å². The van der Waals surface area contributed by atoms with Crippen LogP contribution in [0.15, 0.2) is 30.6 Å². The van der Waals surface area contributed by atoms with E-state index in [0.29, 0.717) is 6.04 Å². The fraction of sp³-hybridized carbons (Fsp3) is 0.357. The van der Waals surface area contributed by atoms with E-state index in [1.54, 1.807) is 13.3 Å². The van der Waals surface area contributed by atoms with E-state index in [1.165, 1.54) is 0 Å². The number of nitrogens with one attached hydrogen (secondary N) is 1. The van der Waals surface area contributed by atoms with Gasteiger partial charge in [0.2, 0.25) is 5.95 Å². The lowest BCUT2D eigenvalue weighted by atomic mass is 10.2. The lowest BCUT2D eigenvalue weighted by Gasteiger charge is -2.14. The third kappa shape index (κ3) is 2.47. The molecular formula is C14H19N3O. The number of aromatic nitrogens is 2. The Bertz CT molecular complexity index is 532. The van der Waals surface area contributed by atoms with Gasteiger partial charge in [0.05, 0.1) is 7.11 Å². The molecule has 0 fully saturated rings. The van der Waals surface area contributed by atoms with Crippen molar-refractivity contribution in [2.75, 3.05) is 12.4 Å². The molecule has 4 nitrogen and oxygen atoms in total. The smallest absolute Gasteiger partial charge is 0.207 e. The molecule has 2 aromatic rings. The van der Waals surface area contributed by atoms with Gasteiger partial charge in [0.1, 0.15) is 5.75 Å². The molecule has 0 spiro atoms. The van der Waals surface area contributed by atoms with E-state index in [-0.39, 0.29) is 0 Å². The summed E-state index contributed by atoms with van der Waals surface area (Å²) in [7, 11) is 1.67. The van der Waals surface area contributed by atoms with E-state index >= 15 is 0 Å². The van der Waals surface area contributed by atoms with Gasteiger partial charge in [0.25, 0.3) is 0 Å². The van der Waals surface area contributed by atoms with Gasteiger partial charge in [-0.25, -0.2) is 4.98 Å². The number of nitrogens with zero attached hydrogens (tertiary/aromatic N) is 2. The topological polar surface area (TPSA) is 39.1 Å². The molecule has 2 rings (SSSR count). The maximum atomic E-state index is 5.20. The molecule has 0 atom stereocenters. The minimum atomic E-state index is 0.383. The van der Waals surface area contributed by atoms with Gasteiger partial charge in [-0.15, -0.1) is 0 Å². The van der Waals surface area contributed by atoms with Crippen molar-refractivity contribution in [1.29, 1.82) is 0 Å². The fourth-order valence-corrected chi connectivity index (χ4v) is 1.85. The second-order valence-corrected chi connectivity index (χ2v) is 4.56. The number of hydrogen-bond acceptors (Lipinski definition) is 3. The first-order valence-electron chi connectivity index (χ1n) is 6.06. The number of rotatable bonds is 4. The Morgan fingerprint density at radius 2 is 2.11 bits per heavy atom. The Balaban J connectivity index is 2.26. The van der Waals surface area contributed by atoms with Gasteiger partial charge in [0, 0.05) is 24.1 Å². The molecule has 0 aliphatic carbocycles. The molecule has 0 amide bonds. The van der Waals surface area contributed by atoms with Crippen molar-refractivity contribution in [3.8, 4) is 5.75 Å².